The first kappa shape index (κ1) is 21.5. The summed E-state index contributed by atoms with van der Waals surface area (Å²) in [4.78, 5) is 37.3. The number of carbonyl (C=O) groups excluding carboxylic acids is 3. The van der Waals surface area contributed by atoms with Gasteiger partial charge in [-0.25, -0.2) is 4.79 Å². The van der Waals surface area contributed by atoms with Crippen LogP contribution in [0.3, 0.4) is 0 Å². The van der Waals surface area contributed by atoms with Gasteiger partial charge in [0.15, 0.2) is 11.7 Å². The molecule has 0 unspecified atom stereocenters. The molecule has 2 aromatic carbocycles. The first-order valence-electron chi connectivity index (χ1n) is 8.65. The number of carbonyl (C=O) groups is 3. The Labute approximate surface area is 185 Å². The molecule has 0 bridgehead atoms. The van der Waals surface area contributed by atoms with Gasteiger partial charge in [-0.1, -0.05) is 54.1 Å². The Balaban J connectivity index is 1.79. The molecule has 154 valence electrons. The molecule has 0 aliphatic rings. The van der Waals surface area contributed by atoms with Crippen molar-refractivity contribution in [1.29, 1.82) is 0 Å². The fourth-order valence-corrected chi connectivity index (χ4v) is 3.31. The van der Waals surface area contributed by atoms with Crippen molar-refractivity contribution in [2.45, 2.75) is 6.04 Å². The van der Waals surface area contributed by atoms with Gasteiger partial charge in [0.25, 0.3) is 11.8 Å². The number of nitrogens with one attached hydrogen (secondary N) is 3. The van der Waals surface area contributed by atoms with E-state index in [1.54, 1.807) is 54.6 Å². The number of benzene rings is 2. The van der Waals surface area contributed by atoms with E-state index in [0.717, 1.165) is 0 Å². The van der Waals surface area contributed by atoms with E-state index in [1.807, 2.05) is 0 Å². The van der Waals surface area contributed by atoms with Gasteiger partial charge in [-0.05, 0) is 33.6 Å². The molecular weight excluding hydrogens is 476 g/mol. The zero-order valence-corrected chi connectivity index (χ0v) is 18.0. The fraction of sp³-hybridized carbons (Fsp3) is 0.100. The SMILES string of the molecule is COC(=O)[C@H](NC(=O)c1n[nH]c(NC(=O)c2ccccc2Cl)c1Br)c1ccccc1. The molecule has 30 heavy (non-hydrogen) atoms. The minimum absolute atomic E-state index is 0.0470. The molecule has 3 rings (SSSR count). The van der Waals surface area contributed by atoms with E-state index in [-0.39, 0.29) is 26.6 Å². The van der Waals surface area contributed by atoms with Crippen molar-refractivity contribution in [2.75, 3.05) is 12.4 Å². The molecule has 3 aromatic rings. The van der Waals surface area contributed by atoms with E-state index in [4.69, 9.17) is 16.3 Å². The largest absolute Gasteiger partial charge is 0.467 e. The lowest BCUT2D eigenvalue weighted by atomic mass is 10.1. The third-order valence-electron chi connectivity index (χ3n) is 4.12. The van der Waals surface area contributed by atoms with Gasteiger partial charge in [0.1, 0.15) is 5.82 Å². The predicted octanol–water partition coefficient (Wildman–Crippen LogP) is 3.72. The lowest BCUT2D eigenvalue weighted by Gasteiger charge is -2.16. The van der Waals surface area contributed by atoms with Gasteiger partial charge >= 0.3 is 5.97 Å². The maximum absolute atomic E-state index is 12.7. The number of halogens is 2. The van der Waals surface area contributed by atoms with Crippen LogP contribution >= 0.6 is 27.5 Å². The number of nitrogens with zero attached hydrogens (tertiary/aromatic N) is 1. The highest BCUT2D eigenvalue weighted by molar-refractivity contribution is 9.10. The van der Waals surface area contributed by atoms with E-state index < -0.39 is 23.8 Å². The molecule has 1 atom stereocenters. The van der Waals surface area contributed by atoms with Gasteiger partial charge < -0.3 is 15.4 Å². The summed E-state index contributed by atoms with van der Waals surface area (Å²) in [6.45, 7) is 0. The van der Waals surface area contributed by atoms with Gasteiger partial charge in [0, 0.05) is 0 Å². The van der Waals surface area contributed by atoms with Crippen LogP contribution in [-0.2, 0) is 9.53 Å². The minimum atomic E-state index is -1.02. The Kier molecular flexibility index (Phi) is 6.86. The molecule has 2 amide bonds. The van der Waals surface area contributed by atoms with Crippen LogP contribution in [0.25, 0.3) is 0 Å². The van der Waals surface area contributed by atoms with E-state index in [9.17, 15) is 14.4 Å². The van der Waals surface area contributed by atoms with Crippen LogP contribution in [0.1, 0.15) is 32.5 Å². The Morgan fingerprint density at radius 2 is 1.73 bits per heavy atom. The summed E-state index contributed by atoms with van der Waals surface area (Å²) in [6.07, 6.45) is 0. The predicted molar refractivity (Wildman–Crippen MR) is 114 cm³/mol. The zero-order valence-electron chi connectivity index (χ0n) is 15.6. The standard InChI is InChI=1S/C20H16BrClN4O4/c1-30-20(29)15(11-7-3-2-4-8-11)23-19(28)16-14(21)17(26-25-16)24-18(27)12-9-5-6-10-13(12)22/h2-10,15H,1H3,(H,23,28)(H2,24,25,26,27)/t15-/m1/s1. The molecule has 8 nitrogen and oxygen atoms in total. The lowest BCUT2D eigenvalue weighted by molar-refractivity contribution is -0.143. The zero-order chi connectivity index (χ0) is 21.7. The second kappa shape index (κ2) is 9.55. The van der Waals surface area contributed by atoms with E-state index >= 15 is 0 Å². The highest BCUT2D eigenvalue weighted by atomic mass is 79.9. The van der Waals surface area contributed by atoms with Crippen molar-refractivity contribution in [3.8, 4) is 0 Å². The summed E-state index contributed by atoms with van der Waals surface area (Å²) in [5.74, 6) is -1.59. The number of anilines is 1. The number of ether oxygens (including phenoxy) is 1. The maximum Gasteiger partial charge on any atom is 0.333 e. The number of esters is 1. The number of methoxy groups -OCH3 is 1. The number of rotatable bonds is 6. The summed E-state index contributed by atoms with van der Waals surface area (Å²) in [5.41, 5.74) is 0.771. The lowest BCUT2D eigenvalue weighted by Crippen LogP contribution is -2.34. The number of aromatic amines is 1. The summed E-state index contributed by atoms with van der Waals surface area (Å²) in [7, 11) is 1.23. The normalized spacial score (nSPS) is 11.4. The molecule has 10 heteroatoms. The molecule has 3 N–H and O–H groups in total. The fourth-order valence-electron chi connectivity index (χ4n) is 2.63. The molecular formula is C20H16BrClN4O4. The first-order valence-corrected chi connectivity index (χ1v) is 9.82. The number of H-pyrrole nitrogens is 1. The van der Waals surface area contributed by atoms with E-state index in [0.29, 0.717) is 5.56 Å². The molecule has 0 aliphatic carbocycles. The van der Waals surface area contributed by atoms with Crippen LogP contribution in [0.15, 0.2) is 59.1 Å². The van der Waals surface area contributed by atoms with Crippen molar-refractivity contribution >= 4 is 51.1 Å². The Bertz CT molecular complexity index is 1090. The molecule has 1 heterocycles. The van der Waals surface area contributed by atoms with Crippen LogP contribution in [0.2, 0.25) is 5.02 Å². The van der Waals surface area contributed by atoms with Crippen LogP contribution in [0, 0.1) is 0 Å². The molecule has 0 aliphatic heterocycles. The Morgan fingerprint density at radius 3 is 2.40 bits per heavy atom. The van der Waals surface area contributed by atoms with Gasteiger partial charge in [0.2, 0.25) is 0 Å². The number of aromatic nitrogens is 2. The second-order valence-corrected chi connectivity index (χ2v) is 7.24. The second-order valence-electron chi connectivity index (χ2n) is 6.04. The molecule has 0 spiro atoms. The summed E-state index contributed by atoms with van der Waals surface area (Å²) in [5, 5.41) is 12.0. The highest BCUT2D eigenvalue weighted by Crippen LogP contribution is 2.26. The van der Waals surface area contributed by atoms with Crippen LogP contribution in [0.5, 0.6) is 0 Å². The van der Waals surface area contributed by atoms with Crippen LogP contribution in [0.4, 0.5) is 5.82 Å². The van der Waals surface area contributed by atoms with E-state index in [2.05, 4.69) is 36.8 Å². The van der Waals surface area contributed by atoms with Crippen LogP contribution in [-0.4, -0.2) is 35.1 Å². The molecule has 0 fully saturated rings. The summed E-state index contributed by atoms with van der Waals surface area (Å²) in [6, 6.07) is 14.2. The smallest absolute Gasteiger partial charge is 0.333 e. The summed E-state index contributed by atoms with van der Waals surface area (Å²) >= 11 is 9.29. The van der Waals surface area contributed by atoms with Crippen molar-refractivity contribution in [1.82, 2.24) is 15.5 Å². The number of hydrogen-bond acceptors (Lipinski definition) is 5. The van der Waals surface area contributed by atoms with Gasteiger partial charge in [0.05, 0.1) is 22.2 Å². The van der Waals surface area contributed by atoms with E-state index in [1.165, 1.54) is 7.11 Å². The topological polar surface area (TPSA) is 113 Å². The van der Waals surface area contributed by atoms with Crippen molar-refractivity contribution in [2.24, 2.45) is 0 Å². The average molecular weight is 492 g/mol. The molecule has 0 radical (unpaired) electrons. The Hall–Kier alpha value is -3.17. The monoisotopic (exact) mass is 490 g/mol. The summed E-state index contributed by atoms with van der Waals surface area (Å²) < 4.78 is 5.01. The third kappa shape index (κ3) is 4.69. The molecule has 1 aromatic heterocycles. The van der Waals surface area contributed by atoms with Crippen molar-refractivity contribution in [3.05, 3.63) is 80.9 Å². The quantitative estimate of drug-likeness (QED) is 0.455. The minimum Gasteiger partial charge on any atom is -0.467 e. The highest BCUT2D eigenvalue weighted by Gasteiger charge is 2.27. The van der Waals surface area contributed by atoms with Gasteiger partial charge in [-0.3, -0.25) is 14.7 Å². The first-order chi connectivity index (χ1) is 14.4. The van der Waals surface area contributed by atoms with Gasteiger partial charge in [-0.15, -0.1) is 0 Å². The Morgan fingerprint density at radius 1 is 1.07 bits per heavy atom. The average Bonchev–Trinajstić information content (AvgIpc) is 3.12. The number of hydrogen-bond donors (Lipinski definition) is 3. The van der Waals surface area contributed by atoms with Crippen molar-refractivity contribution in [3.63, 3.8) is 0 Å². The molecule has 0 saturated carbocycles. The van der Waals surface area contributed by atoms with Gasteiger partial charge in [-0.2, -0.15) is 5.10 Å². The molecule has 0 saturated heterocycles. The number of amides is 2. The van der Waals surface area contributed by atoms with Crippen LogP contribution < -0.4 is 10.6 Å². The van der Waals surface area contributed by atoms with Crippen molar-refractivity contribution < 1.29 is 19.1 Å². The third-order valence-corrected chi connectivity index (χ3v) is 5.23. The maximum atomic E-state index is 12.7.